The van der Waals surface area contributed by atoms with Gasteiger partial charge in [-0.1, -0.05) is 110 Å². The average Bonchev–Trinajstić information content (AvgIpc) is 1.61. The number of primary amides is 1. The molecule has 5 spiro atoms. The van der Waals surface area contributed by atoms with Crippen molar-refractivity contribution < 1.29 is 88.5 Å². The standard InChI is InChI=1S/C23H25N3O3.C14H17NO2.C13H15NO2.C12H19NO4.C9H14O2.C6H5I.CH5P.Li.H2O/c24-21(28)20(27)18(13-16-7-3-1-4-8-16)25-22(29)19-14-23(11-12-23)15-26(19)17-9-5-2-6-10-17;1-17-13(16)12-9-14(7-8-14)10-15(12)11-5-3-2-4-6-11;15-12(16)11-8-13(6-7-13)9-14(11)10-4-2-1-3-5-10;1-11(2,3)17-10(16)13-7-12(4-5-12)6-8(13)9(14)15;1-11-8(10)7-2-3-9(6-7)4-5-9;7-6-4-2-1-3-5-6;1-2;;/h1-10,18-19H,11-15H2,(H2,24,28)(H,25,29);2-6,12H,7-10H2,1H3;1-5,11H,6-9H2,(H,15,16);8H,4-7H2,1-3H3,(H,14,15);7H,2-6H2,1H3;1-5H;2H2,1H3;;1H2/q;;;;;;;+1;/p-1/t18?,19-;12-;11-;8-;7-;;;;/m00000..../s1/i;;;;;;1D;;. The molecule has 5 aromatic rings. The fourth-order valence-corrected chi connectivity index (χ4v) is 15.1. The normalized spacial score (nSPS) is 22.8. The van der Waals surface area contributed by atoms with Crippen LogP contribution >= 0.6 is 31.8 Å². The molecule has 7 atom stereocenters. The number of amides is 3. The van der Waals surface area contributed by atoms with E-state index in [9.17, 15) is 43.5 Å². The van der Waals surface area contributed by atoms with E-state index in [2.05, 4.69) is 76.1 Å². The number of para-hydroxylation sites is 3. The van der Waals surface area contributed by atoms with Gasteiger partial charge in [0.15, 0.2) is 0 Å². The van der Waals surface area contributed by atoms with Gasteiger partial charge in [0.1, 0.15) is 35.8 Å². The van der Waals surface area contributed by atoms with Crippen molar-refractivity contribution in [2.75, 3.05) is 61.7 Å². The molecule has 4 heterocycles. The molecule has 5 aromatic carbocycles. The number of ether oxygens (including phenoxy) is 3. The summed E-state index contributed by atoms with van der Waals surface area (Å²) in [6.45, 7) is 9.03. The summed E-state index contributed by atoms with van der Waals surface area (Å²) in [6.07, 6.45) is 18.1. The molecule has 10 aliphatic rings. The first kappa shape index (κ1) is 79.7. The van der Waals surface area contributed by atoms with Crippen molar-refractivity contribution in [2.45, 2.75) is 172 Å². The van der Waals surface area contributed by atoms with Gasteiger partial charge in [-0.05, 0) is 234 Å². The molecule has 101 heavy (non-hydrogen) atoms. The molecule has 10 fully saturated rings. The first-order chi connectivity index (χ1) is 47.7. The van der Waals surface area contributed by atoms with Crippen LogP contribution in [-0.4, -0.2) is 151 Å². The molecule has 4 aliphatic heterocycles. The Labute approximate surface area is 624 Å². The molecule has 23 heteroatoms. The van der Waals surface area contributed by atoms with E-state index in [4.69, 9.17) is 26.4 Å². The van der Waals surface area contributed by atoms with E-state index in [1.54, 1.807) is 20.8 Å². The van der Waals surface area contributed by atoms with Crippen molar-refractivity contribution in [3.05, 3.63) is 161 Å². The van der Waals surface area contributed by atoms with Gasteiger partial charge in [0.2, 0.25) is 11.7 Å². The number of likely N-dealkylation sites (tertiary alicyclic amines) is 1. The number of rotatable bonds is 13. The third kappa shape index (κ3) is 22.2. The number of esters is 2. The predicted molar refractivity (Wildman–Crippen MR) is 396 cm³/mol. The maximum atomic E-state index is 13.2. The van der Waals surface area contributed by atoms with Crippen molar-refractivity contribution >= 4 is 96.5 Å². The number of carbonyl (C=O) groups is 8. The summed E-state index contributed by atoms with van der Waals surface area (Å²) in [5, 5.41) is 21.2. The van der Waals surface area contributed by atoms with Crippen molar-refractivity contribution in [2.24, 2.45) is 38.7 Å². The van der Waals surface area contributed by atoms with Gasteiger partial charge in [-0.25, -0.2) is 19.2 Å². The Kier molecular flexibility index (Phi) is 28.0. The number of methoxy groups -OCH3 is 2. The molecule has 0 radical (unpaired) electrons. The number of nitrogens with zero attached hydrogens (tertiary/aromatic N) is 4. The Hall–Kier alpha value is -7.02. The smallest absolute Gasteiger partial charge is 0.870 e. The summed E-state index contributed by atoms with van der Waals surface area (Å²) in [5.41, 5.74) is 10.3. The number of ketones is 1. The van der Waals surface area contributed by atoms with Gasteiger partial charge in [-0.3, -0.25) is 24.1 Å². The van der Waals surface area contributed by atoms with Gasteiger partial charge in [-0.15, -0.1) is 9.24 Å². The molecule has 0 aromatic heterocycles. The number of halogens is 1. The molecular weight excluding hydrogens is 1410 g/mol. The fraction of sp³-hybridized carbons (Fsp3) is 0.513. The van der Waals surface area contributed by atoms with Gasteiger partial charge in [0, 0.05) is 54.6 Å². The zero-order valence-corrected chi connectivity index (χ0v) is 62.6. The number of Topliss-reactive ketones (excluding diaryl/α,β-unsaturated/α-hetero) is 1. The minimum Gasteiger partial charge on any atom is -0.870 e. The van der Waals surface area contributed by atoms with Crippen LogP contribution in [0.25, 0.3) is 0 Å². The van der Waals surface area contributed by atoms with Gasteiger partial charge < -0.3 is 55.7 Å². The summed E-state index contributed by atoms with van der Waals surface area (Å²) in [5.74, 6) is -3.52. The van der Waals surface area contributed by atoms with Crippen LogP contribution in [0.5, 0.6) is 0 Å². The number of benzene rings is 5. The average molecular weight is 1510 g/mol. The Balaban J connectivity index is 0.000000177. The second-order valence-electron chi connectivity index (χ2n) is 29.8. The van der Waals surface area contributed by atoms with Gasteiger partial charge in [0.25, 0.3) is 5.91 Å². The molecule has 0 bridgehead atoms. The van der Waals surface area contributed by atoms with Gasteiger partial charge in [0.05, 0.1) is 20.1 Å². The van der Waals surface area contributed by atoms with E-state index in [1.807, 2.05) is 127 Å². The molecule has 540 valence electrons. The van der Waals surface area contributed by atoms with E-state index >= 15 is 0 Å². The number of carboxylic acid groups (broad SMARTS) is 2. The number of anilines is 3. The Morgan fingerprint density at radius 2 is 0.921 bits per heavy atom. The van der Waals surface area contributed by atoms with Crippen LogP contribution in [0.1, 0.15) is 137 Å². The third-order valence-corrected chi connectivity index (χ3v) is 21.9. The number of hydrogen-bond donors (Lipinski definition) is 4. The number of carbonyl (C=O) groups excluding carboxylic acids is 6. The molecule has 2 unspecified atom stereocenters. The molecule has 6 saturated carbocycles. The molecule has 20 nitrogen and oxygen atoms in total. The fourth-order valence-electron chi connectivity index (χ4n) is 14.7. The maximum absolute atomic E-state index is 13.2. The minimum absolute atomic E-state index is 0. The van der Waals surface area contributed by atoms with Crippen molar-refractivity contribution in [3.63, 3.8) is 0 Å². The van der Waals surface area contributed by atoms with E-state index in [-0.39, 0.29) is 83.5 Å². The summed E-state index contributed by atoms with van der Waals surface area (Å²) in [6, 6.07) is 47.0. The van der Waals surface area contributed by atoms with Crippen LogP contribution < -0.4 is 44.6 Å². The first-order valence-corrected chi connectivity index (χ1v) is 36.5. The summed E-state index contributed by atoms with van der Waals surface area (Å²) >= 11 is 2.28. The zero-order chi connectivity index (χ0) is 72.0. The molecule has 15 rings (SSSR count). The quantitative estimate of drug-likeness (QED) is 0.0213. The molecule has 4 saturated heterocycles. The minimum atomic E-state index is -1.03. The van der Waals surface area contributed by atoms with Gasteiger partial charge in [-0.2, -0.15) is 0 Å². The van der Waals surface area contributed by atoms with E-state index in [1.165, 1.54) is 67.6 Å². The summed E-state index contributed by atoms with van der Waals surface area (Å²) < 4.78 is 22.4. The summed E-state index contributed by atoms with van der Waals surface area (Å²) in [7, 11) is 5.21. The van der Waals surface area contributed by atoms with Gasteiger partial charge >= 0.3 is 48.8 Å². The number of aliphatic carboxylic acids is 2. The molecule has 6 aliphatic carbocycles. The van der Waals surface area contributed by atoms with E-state index in [0.717, 1.165) is 100 Å². The second kappa shape index (κ2) is 35.4. The monoisotopic (exact) mass is 1510 g/mol. The van der Waals surface area contributed by atoms with Crippen LogP contribution in [0.15, 0.2) is 152 Å². The van der Waals surface area contributed by atoms with Crippen molar-refractivity contribution in [3.8, 4) is 0 Å². The van der Waals surface area contributed by atoms with Crippen LogP contribution in [0.3, 0.4) is 0 Å². The van der Waals surface area contributed by atoms with E-state index < -0.39 is 47.4 Å². The number of hydrogen-bond acceptors (Lipinski definition) is 15. The number of nitrogens with two attached hydrogens (primary N) is 1. The van der Waals surface area contributed by atoms with Crippen LogP contribution in [0.4, 0.5) is 21.9 Å². The molecule has 6 N–H and O–H groups in total. The number of carboxylic acids is 2. The van der Waals surface area contributed by atoms with E-state index in [0.29, 0.717) is 35.9 Å². The van der Waals surface area contributed by atoms with Crippen LogP contribution in [-0.2, 0) is 54.2 Å². The largest absolute Gasteiger partial charge is 1.00 e. The molecular formula is C78H101ILiN6O14P. The Bertz CT molecular complexity index is 3600. The van der Waals surface area contributed by atoms with Crippen molar-refractivity contribution in [1.82, 2.24) is 10.2 Å². The van der Waals surface area contributed by atoms with Crippen molar-refractivity contribution in [1.29, 1.82) is 0 Å². The topological polar surface area (TPSA) is 286 Å². The van der Waals surface area contributed by atoms with Crippen LogP contribution in [0.2, 0.25) is 0 Å². The zero-order valence-electron chi connectivity index (χ0n) is 60.3. The Morgan fingerprint density at radius 1 is 0.554 bits per heavy atom. The maximum Gasteiger partial charge on any atom is 1.00 e. The number of nitrogens with one attached hydrogen (secondary N) is 1. The SMILES string of the molecule is CC(C)(C)OC(=O)N1CC2(CC2)C[C@H]1C(=O)O.COC(=O)[C@@H]1CC2(CC2)CN1c1ccccc1.COC(=O)[C@H]1CCC2(CC2)C1.Ic1ccccc1.NC(=O)C(=O)C(Cc1ccccc1)NC(=O)[C@@H]1CC2(CC2)CN1c1ccccc1.O=C(O)[C@@H]1CC2(CC2)CN1c1ccccc1.[2H]CP.[Li+].[OH-]. The summed E-state index contributed by atoms with van der Waals surface area (Å²) in [4.78, 5) is 102. The second-order valence-corrected chi connectivity index (χ2v) is 31.1. The predicted octanol–water partition coefficient (Wildman–Crippen LogP) is 9.39. The molecule has 3 amide bonds. The Morgan fingerprint density at radius 3 is 1.29 bits per heavy atom. The first-order valence-electron chi connectivity index (χ1n) is 35.4. The third-order valence-electron chi connectivity index (χ3n) is 21.2. The van der Waals surface area contributed by atoms with Crippen LogP contribution in [0, 0.1) is 36.6 Å².